The number of nitrogens with zero attached hydrogens (tertiary/aromatic N) is 1. The smallest absolute Gasteiger partial charge is 0.322 e. The number of fused-ring (bicyclic) bond motifs is 1. The number of rotatable bonds is 6. The van der Waals surface area contributed by atoms with Crippen LogP contribution in [0.4, 0.5) is 5.69 Å². The molecular formula is C25H29N3O5S2. The number of anilines is 1. The Kier molecular flexibility index (Phi) is 8.90. The van der Waals surface area contributed by atoms with Crippen LogP contribution in [0, 0.1) is 6.92 Å². The minimum absolute atomic E-state index is 0.0169. The van der Waals surface area contributed by atoms with Crippen LogP contribution in [-0.4, -0.2) is 61.1 Å². The Hall–Kier alpha value is -2.92. The zero-order chi connectivity index (χ0) is 25.6. The molecule has 1 amide bonds. The van der Waals surface area contributed by atoms with Crippen LogP contribution in [0.15, 0.2) is 71.6 Å². The monoisotopic (exact) mass is 515 g/mol. The quantitative estimate of drug-likeness (QED) is 0.375. The maximum atomic E-state index is 12.8. The molecule has 0 bridgehead atoms. The standard InChI is InChI=1S/C15H15NO4S2.C10H14N2O/c17-15(18)14-8-12(21)9-16(14)22(19,20)13-6-5-10-3-1-2-4-11(10)7-13;1-8-5-3-4-6-9(8)12-10(13)7-11-2/h1-7,12,14,21H,8-9H2,(H,17,18);3-6,11H,7H2,1-2H3,(H,12,13)/t12-,14+;/m1./s1. The average Bonchev–Trinajstić information content (AvgIpc) is 3.24. The highest BCUT2D eigenvalue weighted by Gasteiger charge is 2.43. The lowest BCUT2D eigenvalue weighted by Crippen LogP contribution is -2.40. The van der Waals surface area contributed by atoms with Crippen LogP contribution < -0.4 is 10.6 Å². The summed E-state index contributed by atoms with van der Waals surface area (Å²) in [7, 11) is -2.11. The Labute approximate surface area is 210 Å². The number of carbonyl (C=O) groups is 2. The molecule has 3 aromatic rings. The molecule has 2 atom stereocenters. The van der Waals surface area contributed by atoms with Crippen molar-refractivity contribution in [3.63, 3.8) is 0 Å². The number of benzene rings is 3. The Balaban J connectivity index is 0.000000225. The third kappa shape index (κ3) is 6.61. The highest BCUT2D eigenvalue weighted by Crippen LogP contribution is 2.30. The Morgan fingerprint density at radius 2 is 1.71 bits per heavy atom. The summed E-state index contributed by atoms with van der Waals surface area (Å²) in [4.78, 5) is 22.6. The van der Waals surface area contributed by atoms with Crippen molar-refractivity contribution in [1.82, 2.24) is 9.62 Å². The Bertz CT molecular complexity index is 1310. The molecule has 1 aliphatic heterocycles. The van der Waals surface area contributed by atoms with Gasteiger partial charge in [-0.25, -0.2) is 8.42 Å². The van der Waals surface area contributed by atoms with Crippen LogP contribution in [0.1, 0.15) is 12.0 Å². The van der Waals surface area contributed by atoms with Gasteiger partial charge in [-0.05, 0) is 54.9 Å². The third-order valence-corrected chi connectivity index (χ3v) is 7.85. The van der Waals surface area contributed by atoms with Crippen LogP contribution in [-0.2, 0) is 19.6 Å². The number of carboxylic acid groups (broad SMARTS) is 1. The maximum Gasteiger partial charge on any atom is 0.322 e. The van der Waals surface area contributed by atoms with E-state index in [1.807, 2.05) is 55.5 Å². The number of nitrogens with one attached hydrogen (secondary N) is 2. The van der Waals surface area contributed by atoms with Gasteiger partial charge in [-0.3, -0.25) is 9.59 Å². The van der Waals surface area contributed by atoms with E-state index in [1.165, 1.54) is 6.07 Å². The zero-order valence-electron chi connectivity index (χ0n) is 19.5. The average molecular weight is 516 g/mol. The lowest BCUT2D eigenvalue weighted by Gasteiger charge is -2.21. The maximum absolute atomic E-state index is 12.8. The van der Waals surface area contributed by atoms with E-state index in [1.54, 1.807) is 19.2 Å². The van der Waals surface area contributed by atoms with E-state index in [-0.39, 0.29) is 29.0 Å². The van der Waals surface area contributed by atoms with Gasteiger partial charge in [0.2, 0.25) is 15.9 Å². The predicted octanol–water partition coefficient (Wildman–Crippen LogP) is 3.14. The number of hydrogen-bond donors (Lipinski definition) is 4. The third-order valence-electron chi connectivity index (χ3n) is 5.60. The van der Waals surface area contributed by atoms with Gasteiger partial charge in [-0.2, -0.15) is 16.9 Å². The van der Waals surface area contributed by atoms with Gasteiger partial charge in [0.1, 0.15) is 6.04 Å². The number of carboxylic acids is 1. The predicted molar refractivity (Wildman–Crippen MR) is 140 cm³/mol. The van der Waals surface area contributed by atoms with Gasteiger partial charge >= 0.3 is 5.97 Å². The van der Waals surface area contributed by atoms with Crippen LogP contribution >= 0.6 is 12.6 Å². The summed E-state index contributed by atoms with van der Waals surface area (Å²) in [5, 5.41) is 16.3. The van der Waals surface area contributed by atoms with E-state index in [0.717, 1.165) is 26.3 Å². The van der Waals surface area contributed by atoms with Crippen LogP contribution in [0.3, 0.4) is 0 Å². The van der Waals surface area contributed by atoms with Crippen molar-refractivity contribution in [3.05, 3.63) is 72.3 Å². The molecule has 3 N–H and O–H groups in total. The number of para-hydroxylation sites is 1. The van der Waals surface area contributed by atoms with E-state index in [9.17, 15) is 23.1 Å². The van der Waals surface area contributed by atoms with Crippen LogP contribution in [0.5, 0.6) is 0 Å². The topological polar surface area (TPSA) is 116 Å². The SMILES string of the molecule is CNCC(=O)Nc1ccccc1C.O=C(O)[C@@H]1C[C@@H](S)CN1S(=O)(=O)c1ccc2ccccc2c1. The molecule has 3 aromatic carbocycles. The molecule has 0 aromatic heterocycles. The molecule has 35 heavy (non-hydrogen) atoms. The first kappa shape index (κ1) is 26.7. The number of likely N-dealkylation sites (N-methyl/N-ethyl adjacent to an activating group) is 1. The van der Waals surface area contributed by atoms with Crippen molar-refractivity contribution >= 4 is 51.0 Å². The van der Waals surface area contributed by atoms with E-state index in [4.69, 9.17) is 0 Å². The number of hydrogen-bond acceptors (Lipinski definition) is 6. The molecule has 1 fully saturated rings. The molecule has 8 nitrogen and oxygen atoms in total. The van der Waals surface area contributed by atoms with Gasteiger partial charge in [0.25, 0.3) is 0 Å². The largest absolute Gasteiger partial charge is 0.480 e. The summed E-state index contributed by atoms with van der Waals surface area (Å²) in [5.41, 5.74) is 1.95. The molecule has 1 heterocycles. The number of amides is 1. The molecule has 4 rings (SSSR count). The van der Waals surface area contributed by atoms with Gasteiger partial charge in [0.05, 0.1) is 11.4 Å². The molecule has 0 saturated carbocycles. The molecule has 0 radical (unpaired) electrons. The summed E-state index contributed by atoms with van der Waals surface area (Å²) in [6.45, 7) is 2.42. The number of thiol groups is 1. The van der Waals surface area contributed by atoms with Crippen molar-refractivity contribution in [2.24, 2.45) is 0 Å². The minimum atomic E-state index is -3.85. The Morgan fingerprint density at radius 1 is 1.06 bits per heavy atom. The van der Waals surface area contributed by atoms with Crippen LogP contribution in [0.2, 0.25) is 0 Å². The fourth-order valence-electron chi connectivity index (χ4n) is 3.81. The fraction of sp³-hybridized carbons (Fsp3) is 0.280. The van der Waals surface area contributed by atoms with E-state index in [0.29, 0.717) is 6.54 Å². The lowest BCUT2D eigenvalue weighted by molar-refractivity contribution is -0.140. The number of aliphatic carboxylic acids is 1. The summed E-state index contributed by atoms with van der Waals surface area (Å²) in [6.07, 6.45) is 0.214. The summed E-state index contributed by atoms with van der Waals surface area (Å²) >= 11 is 4.24. The summed E-state index contributed by atoms with van der Waals surface area (Å²) in [5.74, 6) is -1.15. The fourth-order valence-corrected chi connectivity index (χ4v) is 5.97. The first-order chi connectivity index (χ1) is 16.6. The molecule has 1 saturated heterocycles. The van der Waals surface area contributed by atoms with E-state index in [2.05, 4.69) is 23.3 Å². The van der Waals surface area contributed by atoms with Gasteiger partial charge in [0.15, 0.2) is 0 Å². The van der Waals surface area contributed by atoms with E-state index >= 15 is 0 Å². The highest BCUT2D eigenvalue weighted by atomic mass is 32.2. The number of carbonyl (C=O) groups excluding carboxylic acids is 1. The first-order valence-corrected chi connectivity index (χ1v) is 13.0. The van der Waals surface area contributed by atoms with Crippen molar-refractivity contribution < 1.29 is 23.1 Å². The number of sulfonamides is 1. The second-order valence-electron chi connectivity index (χ2n) is 8.22. The molecule has 0 unspecified atom stereocenters. The molecule has 0 aliphatic carbocycles. The second-order valence-corrected chi connectivity index (χ2v) is 10.8. The second kappa shape index (κ2) is 11.7. The normalized spacial score (nSPS) is 18.0. The van der Waals surface area contributed by atoms with Gasteiger partial charge in [-0.15, -0.1) is 0 Å². The van der Waals surface area contributed by atoms with Crippen molar-refractivity contribution in [2.45, 2.75) is 29.5 Å². The highest BCUT2D eigenvalue weighted by molar-refractivity contribution is 7.89. The Morgan fingerprint density at radius 3 is 2.37 bits per heavy atom. The van der Waals surface area contributed by atoms with Gasteiger partial charge < -0.3 is 15.7 Å². The van der Waals surface area contributed by atoms with Gasteiger partial charge in [0, 0.05) is 17.5 Å². The van der Waals surface area contributed by atoms with Crippen molar-refractivity contribution in [3.8, 4) is 0 Å². The summed E-state index contributed by atoms with van der Waals surface area (Å²) in [6, 6.07) is 18.9. The molecular weight excluding hydrogens is 486 g/mol. The van der Waals surface area contributed by atoms with Crippen molar-refractivity contribution in [1.29, 1.82) is 0 Å². The molecule has 1 aliphatic rings. The summed E-state index contributed by atoms with van der Waals surface area (Å²) < 4.78 is 26.6. The molecule has 186 valence electrons. The number of aryl methyl sites for hydroxylation is 1. The molecule has 10 heteroatoms. The zero-order valence-corrected chi connectivity index (χ0v) is 21.2. The van der Waals surface area contributed by atoms with Crippen LogP contribution in [0.25, 0.3) is 10.8 Å². The van der Waals surface area contributed by atoms with Gasteiger partial charge in [-0.1, -0.05) is 48.5 Å². The van der Waals surface area contributed by atoms with E-state index < -0.39 is 22.0 Å². The van der Waals surface area contributed by atoms with Crippen molar-refractivity contribution in [2.75, 3.05) is 25.5 Å². The first-order valence-electron chi connectivity index (χ1n) is 11.0. The minimum Gasteiger partial charge on any atom is -0.480 e. The lowest BCUT2D eigenvalue weighted by atomic mass is 10.1. The molecule has 0 spiro atoms.